The minimum atomic E-state index is 1.16. The van der Waals surface area contributed by atoms with Crippen LogP contribution in [0.2, 0.25) is 0 Å². The second-order valence-electron chi connectivity index (χ2n) is 15.1. The van der Waals surface area contributed by atoms with Crippen molar-refractivity contribution in [1.82, 2.24) is 4.98 Å². The van der Waals surface area contributed by atoms with E-state index in [9.17, 15) is 0 Å². The van der Waals surface area contributed by atoms with Gasteiger partial charge in [-0.05, 0) is 82.1 Å². The zero-order chi connectivity index (χ0) is 37.2. The molecule has 0 unspecified atom stereocenters. The number of benzene rings is 9. The Labute approximate surface area is 337 Å². The third kappa shape index (κ3) is 4.64. The summed E-state index contributed by atoms with van der Waals surface area (Å²) >= 11 is 3.75. The Morgan fingerprint density at radius 2 is 1.09 bits per heavy atom. The topological polar surface area (TPSA) is 19.0 Å². The number of anilines is 3. The zero-order valence-electron chi connectivity index (χ0n) is 30.6. The number of thiophene rings is 2. The van der Waals surface area contributed by atoms with Crippen LogP contribution < -0.4 is 15.8 Å². The van der Waals surface area contributed by atoms with E-state index < -0.39 is 0 Å². The third-order valence-electron chi connectivity index (χ3n) is 12.0. The van der Waals surface area contributed by atoms with E-state index in [0.717, 1.165) is 11.2 Å². The number of nitrogens with zero attached hydrogens (tertiary/aromatic N) is 1. The van der Waals surface area contributed by atoms with E-state index in [2.05, 4.69) is 193 Å². The van der Waals surface area contributed by atoms with Gasteiger partial charge in [0.15, 0.2) is 7.28 Å². The van der Waals surface area contributed by atoms with Crippen molar-refractivity contribution >= 4 is 131 Å². The molecule has 0 bridgehead atoms. The quantitative estimate of drug-likeness (QED) is 0.178. The maximum Gasteiger partial charge on any atom is 0.197 e. The lowest BCUT2D eigenvalue weighted by atomic mass is 9.58. The Morgan fingerprint density at radius 1 is 0.404 bits per heavy atom. The van der Waals surface area contributed by atoms with E-state index >= 15 is 0 Å². The summed E-state index contributed by atoms with van der Waals surface area (Å²) in [6.07, 6.45) is 0. The monoisotopic (exact) mass is 757 g/mol. The number of nitrogens with one attached hydrogen (secondary N) is 1. The largest absolute Gasteiger partial charge is 0.353 e. The summed E-state index contributed by atoms with van der Waals surface area (Å²) < 4.78 is 5.24. The van der Waals surface area contributed by atoms with Gasteiger partial charge in [0.05, 0.1) is 11.0 Å². The van der Waals surface area contributed by atoms with E-state index in [0.29, 0.717) is 0 Å². The molecule has 0 amide bonds. The van der Waals surface area contributed by atoms with Crippen LogP contribution in [0.5, 0.6) is 0 Å². The fourth-order valence-electron chi connectivity index (χ4n) is 9.39. The first-order valence-electron chi connectivity index (χ1n) is 19.4. The molecule has 1 aliphatic rings. The van der Waals surface area contributed by atoms with Crippen LogP contribution in [0.4, 0.5) is 17.1 Å². The van der Waals surface area contributed by atoms with Crippen molar-refractivity contribution in [2.75, 3.05) is 4.90 Å². The Hall–Kier alpha value is -6.66. The molecule has 0 saturated carbocycles. The fraction of sp³-hybridized carbons (Fsp3) is 0. The van der Waals surface area contributed by atoms with Gasteiger partial charge in [0, 0.05) is 79.1 Å². The minimum Gasteiger partial charge on any atom is -0.353 e. The van der Waals surface area contributed by atoms with Crippen LogP contribution in [0.15, 0.2) is 176 Å². The summed E-state index contributed by atoms with van der Waals surface area (Å²) in [5.41, 5.74) is 13.1. The van der Waals surface area contributed by atoms with Crippen molar-refractivity contribution in [3.63, 3.8) is 0 Å². The lowest BCUT2D eigenvalue weighted by molar-refractivity contribution is 1.31. The molecule has 0 spiro atoms. The summed E-state index contributed by atoms with van der Waals surface area (Å²) in [7, 11) is 2.45. The molecule has 4 heterocycles. The molecule has 9 aromatic carbocycles. The number of fused-ring (bicyclic) bond motifs is 13. The number of rotatable bonds is 3. The molecule has 57 heavy (non-hydrogen) atoms. The molecule has 3 aromatic heterocycles. The zero-order valence-corrected chi connectivity index (χ0v) is 32.2. The van der Waals surface area contributed by atoms with Gasteiger partial charge in [0.1, 0.15) is 0 Å². The van der Waals surface area contributed by atoms with Crippen molar-refractivity contribution in [2.24, 2.45) is 0 Å². The molecule has 263 valence electrons. The molecule has 1 aliphatic heterocycles. The van der Waals surface area contributed by atoms with Crippen LogP contribution in [0.25, 0.3) is 95.2 Å². The number of aromatic amines is 1. The van der Waals surface area contributed by atoms with Gasteiger partial charge in [-0.3, -0.25) is 0 Å². The van der Waals surface area contributed by atoms with E-state index in [1.165, 1.54) is 112 Å². The van der Waals surface area contributed by atoms with Crippen LogP contribution in [0.3, 0.4) is 0 Å². The molecule has 2 nitrogen and oxygen atoms in total. The normalized spacial score (nSPS) is 12.7. The second-order valence-corrected chi connectivity index (χ2v) is 17.3. The molecule has 0 saturated heterocycles. The number of hydrogen-bond acceptors (Lipinski definition) is 3. The van der Waals surface area contributed by atoms with Crippen molar-refractivity contribution in [3.8, 4) is 22.3 Å². The summed E-state index contributed by atoms with van der Waals surface area (Å²) in [6.45, 7) is 0. The van der Waals surface area contributed by atoms with Gasteiger partial charge in [-0.1, -0.05) is 127 Å². The van der Waals surface area contributed by atoms with Gasteiger partial charge in [-0.25, -0.2) is 0 Å². The van der Waals surface area contributed by atoms with Crippen molar-refractivity contribution in [2.45, 2.75) is 0 Å². The Bertz CT molecular complexity index is 3630. The van der Waals surface area contributed by atoms with E-state index in [1.807, 2.05) is 22.7 Å². The minimum absolute atomic E-state index is 1.16. The van der Waals surface area contributed by atoms with Gasteiger partial charge in [-0.15, -0.1) is 22.7 Å². The average molecular weight is 758 g/mol. The highest BCUT2D eigenvalue weighted by molar-refractivity contribution is 7.26. The Morgan fingerprint density at radius 3 is 1.93 bits per heavy atom. The SMILES string of the molecule is [B]1c2cc3sc4ccccc4c3cc2N(c2ccc3sc4ccccc4c3c2)c2cc(-c3ccccc3)cc(-c3cccc4c3[nH]c3c5ccccc5ccc43)c21. The van der Waals surface area contributed by atoms with Gasteiger partial charge in [0.2, 0.25) is 0 Å². The number of para-hydroxylation sites is 1. The first-order valence-corrected chi connectivity index (χ1v) is 21.0. The van der Waals surface area contributed by atoms with Gasteiger partial charge in [-0.2, -0.15) is 0 Å². The van der Waals surface area contributed by atoms with Crippen molar-refractivity contribution in [3.05, 3.63) is 176 Å². The predicted octanol–water partition coefficient (Wildman–Crippen LogP) is 14.0. The number of aromatic nitrogens is 1. The first-order chi connectivity index (χ1) is 28.2. The summed E-state index contributed by atoms with van der Waals surface area (Å²) in [5.74, 6) is 0. The molecule has 5 heteroatoms. The second kappa shape index (κ2) is 11.9. The van der Waals surface area contributed by atoms with Gasteiger partial charge in [0.25, 0.3) is 0 Å². The molecule has 13 rings (SSSR count). The van der Waals surface area contributed by atoms with E-state index in [1.54, 1.807) is 0 Å². The molecule has 0 atom stereocenters. The Balaban J connectivity index is 1.14. The lowest BCUT2D eigenvalue weighted by Gasteiger charge is -2.35. The van der Waals surface area contributed by atoms with Crippen LogP contribution >= 0.6 is 22.7 Å². The van der Waals surface area contributed by atoms with Crippen LogP contribution in [-0.2, 0) is 0 Å². The standard InChI is InChI=1S/C52H30BN2S2/c1-2-11-30(12-3-1)32-25-42(38-18-10-17-37-39-23-21-31-13-4-5-14-34(31)51(39)54-52(37)38)50-45(26-32)55(33-22-24-48-40(27-33)35-15-6-8-19-46(35)56-48)44-28-41-36-16-7-9-20-47(36)57-49(41)29-43(44)53-50/h1-29,54H. The molecule has 12 aromatic rings. The lowest BCUT2D eigenvalue weighted by Crippen LogP contribution is -2.41. The highest BCUT2D eigenvalue weighted by Gasteiger charge is 2.30. The Kier molecular flexibility index (Phi) is 6.60. The van der Waals surface area contributed by atoms with Crippen molar-refractivity contribution in [1.29, 1.82) is 0 Å². The average Bonchev–Trinajstić information content (AvgIpc) is 3.96. The van der Waals surface area contributed by atoms with Crippen LogP contribution in [0, 0.1) is 0 Å². The van der Waals surface area contributed by atoms with Crippen molar-refractivity contribution < 1.29 is 0 Å². The van der Waals surface area contributed by atoms with Gasteiger partial charge < -0.3 is 9.88 Å². The van der Waals surface area contributed by atoms with Gasteiger partial charge >= 0.3 is 0 Å². The number of H-pyrrole nitrogens is 1. The fourth-order valence-corrected chi connectivity index (χ4v) is 11.6. The summed E-state index contributed by atoms with van der Waals surface area (Å²) in [6, 6.07) is 65.3. The summed E-state index contributed by atoms with van der Waals surface area (Å²) in [5, 5.41) is 10.2. The van der Waals surface area contributed by atoms with E-state index in [-0.39, 0.29) is 0 Å². The predicted molar refractivity (Wildman–Crippen MR) is 250 cm³/mol. The highest BCUT2D eigenvalue weighted by atomic mass is 32.1. The highest BCUT2D eigenvalue weighted by Crippen LogP contribution is 2.46. The summed E-state index contributed by atoms with van der Waals surface area (Å²) in [4.78, 5) is 6.50. The smallest absolute Gasteiger partial charge is 0.197 e. The third-order valence-corrected chi connectivity index (χ3v) is 14.3. The van der Waals surface area contributed by atoms with Crippen LogP contribution in [0.1, 0.15) is 0 Å². The molecular formula is C52H30BN2S2. The molecule has 0 fully saturated rings. The van der Waals surface area contributed by atoms with E-state index in [4.69, 9.17) is 0 Å². The molecule has 1 N–H and O–H groups in total. The number of hydrogen-bond donors (Lipinski definition) is 1. The maximum atomic E-state index is 3.96. The molecular weight excluding hydrogens is 728 g/mol. The maximum absolute atomic E-state index is 3.96. The molecule has 1 radical (unpaired) electrons. The molecule has 0 aliphatic carbocycles. The van der Waals surface area contributed by atoms with Crippen LogP contribution in [-0.4, -0.2) is 12.3 Å². The first kappa shape index (κ1) is 31.5.